The predicted molar refractivity (Wildman–Crippen MR) is 80.8 cm³/mol. The van der Waals surface area contributed by atoms with Gasteiger partial charge in [0.15, 0.2) is 0 Å². The molecule has 124 valence electrons. The molecule has 2 rings (SSSR count). The molecule has 0 spiro atoms. The molecule has 2 aromatic rings. The first kappa shape index (κ1) is 17.1. The summed E-state index contributed by atoms with van der Waals surface area (Å²) in [5, 5.41) is 10.5. The smallest absolute Gasteiger partial charge is 0.387 e. The minimum atomic E-state index is -2.98. The normalized spacial score (nSPS) is 10.8. The summed E-state index contributed by atoms with van der Waals surface area (Å²) in [7, 11) is 0. The van der Waals surface area contributed by atoms with Gasteiger partial charge in [0.2, 0.25) is 0 Å². The average Bonchev–Trinajstić information content (AvgIpc) is 2.54. The third-order valence-corrected chi connectivity index (χ3v) is 2.80. The molecule has 0 aliphatic heterocycles. The minimum Gasteiger partial charge on any atom is -0.434 e. The Balaban J connectivity index is 2.04. The fourth-order valence-electron chi connectivity index (χ4n) is 1.77. The fourth-order valence-corrected chi connectivity index (χ4v) is 1.77. The molecule has 0 saturated heterocycles. The number of hydrogen-bond donors (Lipinski definition) is 0. The average molecular weight is 335 g/mol. The highest BCUT2D eigenvalue weighted by molar-refractivity contribution is 5.89. The number of halogens is 2. The Hall–Kier alpha value is -3.29. The number of nitro benzene ring substituents is 1. The Labute approximate surface area is 135 Å². The van der Waals surface area contributed by atoms with Gasteiger partial charge in [-0.3, -0.25) is 10.1 Å². The number of alkyl halides is 2. The van der Waals surface area contributed by atoms with Crippen LogP contribution in [-0.2, 0) is 4.79 Å². The molecule has 8 heteroatoms. The number of nitro groups is 1. The second-order valence-electron chi connectivity index (χ2n) is 4.42. The lowest BCUT2D eigenvalue weighted by atomic mass is 10.2. The Morgan fingerprint density at radius 1 is 1.12 bits per heavy atom. The van der Waals surface area contributed by atoms with Crippen LogP contribution in [0.3, 0.4) is 0 Å². The van der Waals surface area contributed by atoms with Gasteiger partial charge in [-0.15, -0.1) is 0 Å². The van der Waals surface area contributed by atoms with E-state index in [1.54, 1.807) is 6.07 Å². The fraction of sp³-hybridized carbons (Fsp3) is 0.0625. The molecule has 2 aromatic carbocycles. The summed E-state index contributed by atoms with van der Waals surface area (Å²) in [5.74, 6) is -0.727. The summed E-state index contributed by atoms with van der Waals surface area (Å²) in [6, 6.07) is 10.9. The number of hydrogen-bond acceptors (Lipinski definition) is 5. The van der Waals surface area contributed by atoms with Gasteiger partial charge in [0, 0.05) is 23.8 Å². The number of benzene rings is 2. The van der Waals surface area contributed by atoms with Crippen molar-refractivity contribution >= 4 is 17.7 Å². The van der Waals surface area contributed by atoms with Gasteiger partial charge >= 0.3 is 12.6 Å². The van der Waals surface area contributed by atoms with Crippen LogP contribution in [0.25, 0.3) is 6.08 Å². The van der Waals surface area contributed by atoms with Gasteiger partial charge in [-0.1, -0.05) is 18.2 Å². The van der Waals surface area contributed by atoms with Crippen molar-refractivity contribution in [1.29, 1.82) is 0 Å². The minimum absolute atomic E-state index is 0.0770. The second kappa shape index (κ2) is 7.82. The van der Waals surface area contributed by atoms with Gasteiger partial charge < -0.3 is 9.47 Å². The van der Waals surface area contributed by atoms with Crippen molar-refractivity contribution in [1.82, 2.24) is 0 Å². The zero-order chi connectivity index (χ0) is 17.5. The number of carbonyl (C=O) groups excluding carboxylic acids is 1. The van der Waals surface area contributed by atoms with E-state index in [2.05, 4.69) is 4.74 Å². The molecule has 0 unspecified atom stereocenters. The van der Waals surface area contributed by atoms with Gasteiger partial charge in [-0.2, -0.15) is 8.78 Å². The molecule has 24 heavy (non-hydrogen) atoms. The lowest BCUT2D eigenvalue weighted by Crippen LogP contribution is -2.05. The summed E-state index contributed by atoms with van der Waals surface area (Å²) in [5.41, 5.74) is 0.141. The van der Waals surface area contributed by atoms with Crippen LogP contribution >= 0.6 is 0 Å². The highest BCUT2D eigenvalue weighted by Crippen LogP contribution is 2.22. The number of nitrogens with zero attached hydrogens (tertiary/aromatic N) is 1. The highest BCUT2D eigenvalue weighted by atomic mass is 19.3. The van der Waals surface area contributed by atoms with Crippen LogP contribution in [-0.4, -0.2) is 17.5 Å². The lowest BCUT2D eigenvalue weighted by molar-refractivity contribution is -0.384. The van der Waals surface area contributed by atoms with Crippen LogP contribution in [0.2, 0.25) is 0 Å². The topological polar surface area (TPSA) is 78.7 Å². The van der Waals surface area contributed by atoms with Gasteiger partial charge in [-0.25, -0.2) is 4.79 Å². The van der Waals surface area contributed by atoms with Crippen molar-refractivity contribution in [3.05, 3.63) is 70.3 Å². The first-order valence-corrected chi connectivity index (χ1v) is 6.64. The van der Waals surface area contributed by atoms with Crippen LogP contribution in [0, 0.1) is 10.1 Å². The Kier molecular flexibility index (Phi) is 5.56. The van der Waals surface area contributed by atoms with Crippen molar-refractivity contribution in [3.8, 4) is 11.5 Å². The molecule has 0 atom stereocenters. The molecule has 0 saturated carbocycles. The summed E-state index contributed by atoms with van der Waals surface area (Å²) in [4.78, 5) is 21.7. The van der Waals surface area contributed by atoms with E-state index in [0.29, 0.717) is 0 Å². The first-order chi connectivity index (χ1) is 11.5. The van der Waals surface area contributed by atoms with E-state index < -0.39 is 17.5 Å². The molecule has 0 aliphatic rings. The van der Waals surface area contributed by atoms with Gasteiger partial charge in [0.1, 0.15) is 11.5 Å². The van der Waals surface area contributed by atoms with Crippen molar-refractivity contribution in [2.24, 2.45) is 0 Å². The second-order valence-corrected chi connectivity index (χ2v) is 4.42. The summed E-state index contributed by atoms with van der Waals surface area (Å²) in [6.45, 7) is -2.98. The monoisotopic (exact) mass is 335 g/mol. The number of esters is 1. The molecular weight excluding hydrogens is 324 g/mol. The first-order valence-electron chi connectivity index (χ1n) is 6.64. The number of carbonyl (C=O) groups is 1. The van der Waals surface area contributed by atoms with E-state index in [9.17, 15) is 23.7 Å². The Bertz CT molecular complexity index is 759. The molecule has 0 bridgehead atoms. The molecule has 0 aliphatic carbocycles. The van der Waals surface area contributed by atoms with Crippen LogP contribution in [0.4, 0.5) is 14.5 Å². The molecule has 0 aromatic heterocycles. The standard InChI is InChI=1S/C16H11F2NO5/c17-16(18)24-14-4-2-1-3-11(14)5-10-15(20)23-13-8-6-12(7-9-13)19(21)22/h1-10,16H/b10-5+. The van der Waals surface area contributed by atoms with Gasteiger partial charge in [0.05, 0.1) is 4.92 Å². The van der Waals surface area contributed by atoms with Crippen molar-refractivity contribution in [2.75, 3.05) is 0 Å². The molecule has 0 fully saturated rings. The maximum absolute atomic E-state index is 12.3. The van der Waals surface area contributed by atoms with E-state index in [0.717, 1.165) is 6.08 Å². The largest absolute Gasteiger partial charge is 0.434 e. The third kappa shape index (κ3) is 4.87. The molecule has 0 heterocycles. The predicted octanol–water partition coefficient (Wildman–Crippen LogP) is 3.82. The molecular formula is C16H11F2NO5. The zero-order valence-electron chi connectivity index (χ0n) is 12.1. The maximum Gasteiger partial charge on any atom is 0.387 e. The van der Waals surface area contributed by atoms with E-state index in [4.69, 9.17) is 4.74 Å². The zero-order valence-corrected chi connectivity index (χ0v) is 12.1. The van der Waals surface area contributed by atoms with Crippen molar-refractivity contribution in [2.45, 2.75) is 6.61 Å². The number of para-hydroxylation sites is 1. The Morgan fingerprint density at radius 2 is 1.79 bits per heavy atom. The third-order valence-electron chi connectivity index (χ3n) is 2.80. The molecule has 6 nitrogen and oxygen atoms in total. The van der Waals surface area contributed by atoms with E-state index >= 15 is 0 Å². The van der Waals surface area contributed by atoms with E-state index in [-0.39, 0.29) is 22.7 Å². The number of ether oxygens (including phenoxy) is 2. The Morgan fingerprint density at radius 3 is 2.42 bits per heavy atom. The van der Waals surface area contributed by atoms with E-state index in [1.165, 1.54) is 48.5 Å². The van der Waals surface area contributed by atoms with Gasteiger partial charge in [-0.05, 0) is 24.3 Å². The van der Waals surface area contributed by atoms with Crippen molar-refractivity contribution in [3.63, 3.8) is 0 Å². The van der Waals surface area contributed by atoms with E-state index in [1.807, 2.05) is 0 Å². The lowest BCUT2D eigenvalue weighted by Gasteiger charge is -2.07. The number of non-ortho nitro benzene ring substituents is 1. The van der Waals surface area contributed by atoms with Gasteiger partial charge in [0.25, 0.3) is 5.69 Å². The quantitative estimate of drug-likeness (QED) is 0.264. The summed E-state index contributed by atoms with van der Waals surface area (Å²) in [6.07, 6.45) is 2.31. The highest BCUT2D eigenvalue weighted by Gasteiger charge is 2.09. The molecule has 0 amide bonds. The summed E-state index contributed by atoms with van der Waals surface area (Å²) < 4.78 is 33.9. The van der Waals surface area contributed by atoms with Crippen LogP contribution in [0.5, 0.6) is 11.5 Å². The van der Waals surface area contributed by atoms with Crippen LogP contribution in [0.15, 0.2) is 54.6 Å². The molecule has 0 N–H and O–H groups in total. The molecule has 0 radical (unpaired) electrons. The SMILES string of the molecule is O=C(/C=C/c1ccccc1OC(F)F)Oc1ccc([N+](=O)[O-])cc1. The summed E-state index contributed by atoms with van der Waals surface area (Å²) >= 11 is 0. The van der Waals surface area contributed by atoms with Crippen LogP contribution in [0.1, 0.15) is 5.56 Å². The van der Waals surface area contributed by atoms with Crippen LogP contribution < -0.4 is 9.47 Å². The van der Waals surface area contributed by atoms with Crippen molar-refractivity contribution < 1.29 is 28.0 Å². The number of rotatable bonds is 6. The maximum atomic E-state index is 12.3.